The lowest BCUT2D eigenvalue weighted by molar-refractivity contribution is 0.0698. The molecule has 0 atom stereocenters. The first-order valence-electron chi connectivity index (χ1n) is 13.9. The molecule has 5 N–H and O–H groups in total. The molecule has 1 aliphatic heterocycles. The number of amides is 1. The van der Waals surface area contributed by atoms with E-state index in [1.54, 1.807) is 18.2 Å². The van der Waals surface area contributed by atoms with Gasteiger partial charge in [0, 0.05) is 32.7 Å². The Morgan fingerprint density at radius 2 is 1.37 bits per heavy atom. The van der Waals surface area contributed by atoms with Crippen LogP contribution in [-0.2, 0) is 20.2 Å². The largest absolute Gasteiger partial charge is 0.507 e. The van der Waals surface area contributed by atoms with Crippen LogP contribution < -0.4 is 10.1 Å². The van der Waals surface area contributed by atoms with Gasteiger partial charge in [-0.05, 0) is 48.0 Å². The van der Waals surface area contributed by atoms with Crippen LogP contribution >= 0.6 is 0 Å². The van der Waals surface area contributed by atoms with Crippen LogP contribution in [0.5, 0.6) is 11.5 Å². The third-order valence-corrected chi connectivity index (χ3v) is 6.41. The maximum Gasteiger partial charge on any atom is 0.337 e. The molecule has 252 valence electrons. The van der Waals surface area contributed by atoms with Crippen molar-refractivity contribution in [2.24, 2.45) is 0 Å². The first-order valence-corrected chi connectivity index (χ1v) is 17.6. The predicted molar refractivity (Wildman–Crippen MR) is 174 cm³/mol. The number of carboxylic acid groups (broad SMARTS) is 1. The second kappa shape index (κ2) is 17.6. The van der Waals surface area contributed by atoms with Gasteiger partial charge in [0.15, 0.2) is 0 Å². The van der Waals surface area contributed by atoms with Crippen LogP contribution in [0.3, 0.4) is 0 Å². The summed E-state index contributed by atoms with van der Waals surface area (Å²) in [5.74, 6) is -1.54. The quantitative estimate of drug-likeness (QED) is 0.206. The number of nitrogens with one attached hydrogen (secondary N) is 1. The summed E-state index contributed by atoms with van der Waals surface area (Å²) in [6, 6.07) is 18.7. The van der Waals surface area contributed by atoms with Crippen molar-refractivity contribution < 1.29 is 50.5 Å². The number of hydrogen-bond donors (Lipinski definition) is 5. The minimum Gasteiger partial charge on any atom is -0.507 e. The van der Waals surface area contributed by atoms with E-state index in [1.165, 1.54) is 18.2 Å². The number of aromatic hydroxyl groups is 1. The Morgan fingerprint density at radius 3 is 1.91 bits per heavy atom. The minimum absolute atomic E-state index is 0.00510. The summed E-state index contributed by atoms with van der Waals surface area (Å²) >= 11 is 0. The number of rotatable bonds is 9. The normalized spacial score (nSPS) is 13.8. The molecule has 1 aliphatic rings. The van der Waals surface area contributed by atoms with Gasteiger partial charge in [0.1, 0.15) is 18.1 Å². The molecule has 4 rings (SSSR count). The third-order valence-electron chi connectivity index (χ3n) is 6.41. The van der Waals surface area contributed by atoms with E-state index in [2.05, 4.69) is 22.0 Å². The first kappa shape index (κ1) is 38.1. The molecule has 0 aromatic heterocycles. The van der Waals surface area contributed by atoms with Gasteiger partial charge in [0.25, 0.3) is 26.1 Å². The number of carbonyl (C=O) groups excluding carboxylic acids is 1. The molecule has 1 fully saturated rings. The van der Waals surface area contributed by atoms with Crippen LogP contribution in [-0.4, -0.2) is 116 Å². The van der Waals surface area contributed by atoms with Gasteiger partial charge in [-0.25, -0.2) is 4.79 Å². The molecular weight excluding hydrogens is 642 g/mol. The number of anilines is 1. The maximum absolute atomic E-state index is 13.1. The smallest absolute Gasteiger partial charge is 0.337 e. The molecular formula is C30H39N3O11S2. The first-order chi connectivity index (χ1) is 21.4. The van der Waals surface area contributed by atoms with Gasteiger partial charge in [-0.15, -0.1) is 0 Å². The van der Waals surface area contributed by atoms with E-state index < -0.39 is 32.1 Å². The highest BCUT2D eigenvalue weighted by atomic mass is 32.2. The van der Waals surface area contributed by atoms with Crippen molar-refractivity contribution in [2.45, 2.75) is 6.92 Å². The fourth-order valence-corrected chi connectivity index (χ4v) is 4.24. The number of benzene rings is 3. The van der Waals surface area contributed by atoms with Gasteiger partial charge < -0.3 is 25.2 Å². The summed E-state index contributed by atoms with van der Waals surface area (Å²) in [5, 5.41) is 22.6. The van der Waals surface area contributed by atoms with E-state index in [0.29, 0.717) is 24.9 Å². The molecule has 1 amide bonds. The molecule has 46 heavy (non-hydrogen) atoms. The summed E-state index contributed by atoms with van der Waals surface area (Å²) in [7, 11) is -7.33. The van der Waals surface area contributed by atoms with Crippen LogP contribution in [0.4, 0.5) is 5.69 Å². The monoisotopic (exact) mass is 681 g/mol. The highest BCUT2D eigenvalue weighted by molar-refractivity contribution is 7.85. The van der Waals surface area contributed by atoms with Crippen molar-refractivity contribution in [1.82, 2.24) is 9.80 Å². The number of hydrogen-bond acceptors (Lipinski definition) is 10. The summed E-state index contributed by atoms with van der Waals surface area (Å²) in [6.45, 7) is 8.54. The summed E-state index contributed by atoms with van der Waals surface area (Å²) in [4.78, 5) is 29.6. The molecule has 0 radical (unpaired) electrons. The van der Waals surface area contributed by atoms with Crippen LogP contribution in [0.15, 0.2) is 66.7 Å². The molecule has 1 saturated heterocycles. The minimum atomic E-state index is -3.67. The third kappa shape index (κ3) is 14.8. The van der Waals surface area contributed by atoms with Gasteiger partial charge in [0.05, 0.1) is 29.3 Å². The maximum atomic E-state index is 13.1. The number of carboxylic acids is 1. The lowest BCUT2D eigenvalue weighted by atomic mass is 10.0. The van der Waals surface area contributed by atoms with Gasteiger partial charge in [0.2, 0.25) is 0 Å². The van der Waals surface area contributed by atoms with E-state index >= 15 is 0 Å². The predicted octanol–water partition coefficient (Wildman–Crippen LogP) is 3.03. The summed E-state index contributed by atoms with van der Waals surface area (Å²) in [5.41, 5.74) is 1.76. The van der Waals surface area contributed by atoms with Crippen molar-refractivity contribution in [1.29, 1.82) is 0 Å². The van der Waals surface area contributed by atoms with Gasteiger partial charge in [-0.3, -0.25) is 18.8 Å². The molecule has 0 spiro atoms. The number of phenolic OH excluding ortho intramolecular Hbond substituents is 1. The van der Waals surface area contributed by atoms with Crippen molar-refractivity contribution in [3.05, 3.63) is 77.9 Å². The van der Waals surface area contributed by atoms with E-state index in [-0.39, 0.29) is 22.6 Å². The lowest BCUT2D eigenvalue weighted by Gasteiger charge is -2.33. The topological polar surface area (TPSA) is 211 Å². The second-order valence-electron chi connectivity index (χ2n) is 10.2. The number of nitrogens with zero attached hydrogens (tertiary/aromatic N) is 2. The SMILES string of the molecule is CCN1CCN(CCOc2ccc(O)c(C(=O)Nc3cc(-c4ccccc4)ccc3C(=O)O)c2)CC1.CS(=O)(=O)O.CS(=O)(=O)O. The average molecular weight is 682 g/mol. The Balaban J connectivity index is 0.000000642. The zero-order valence-corrected chi connectivity index (χ0v) is 27.3. The molecule has 3 aromatic carbocycles. The average Bonchev–Trinajstić information content (AvgIpc) is 2.97. The van der Waals surface area contributed by atoms with E-state index in [4.69, 9.17) is 13.8 Å². The standard InChI is InChI=1S/C28H31N3O5.2CH4O3S/c1-2-30-12-14-31(15-13-30)16-17-36-22-9-11-26(32)24(19-22)27(33)29-25-18-21(8-10-23(25)28(34)35)20-6-4-3-5-7-20;2*1-5(2,3)4/h3-11,18-19,32H,2,12-17H2,1H3,(H,29,33)(H,34,35);2*1H3,(H,2,3,4). The van der Waals surface area contributed by atoms with Gasteiger partial charge >= 0.3 is 5.97 Å². The number of aromatic carboxylic acids is 1. The Labute approximate surface area is 268 Å². The molecule has 0 unspecified atom stereocenters. The van der Waals surface area contributed by atoms with E-state index in [0.717, 1.165) is 50.4 Å². The number of ether oxygens (including phenoxy) is 1. The van der Waals surface area contributed by atoms with Crippen LogP contribution in [0.1, 0.15) is 27.6 Å². The summed E-state index contributed by atoms with van der Waals surface area (Å²) < 4.78 is 57.6. The Bertz CT molecular complexity index is 1630. The fraction of sp³-hybridized carbons (Fsp3) is 0.333. The van der Waals surface area contributed by atoms with Crippen LogP contribution in [0, 0.1) is 0 Å². The summed E-state index contributed by atoms with van der Waals surface area (Å²) in [6.07, 6.45) is 1.43. The molecule has 0 saturated carbocycles. The molecule has 14 nitrogen and oxygen atoms in total. The number of likely N-dealkylation sites (N-methyl/N-ethyl adjacent to an activating group) is 1. The molecule has 0 aliphatic carbocycles. The highest BCUT2D eigenvalue weighted by Gasteiger charge is 2.19. The molecule has 16 heteroatoms. The van der Waals surface area contributed by atoms with Crippen molar-refractivity contribution in [3.63, 3.8) is 0 Å². The molecule has 3 aromatic rings. The molecule has 1 heterocycles. The van der Waals surface area contributed by atoms with E-state index in [1.807, 2.05) is 30.3 Å². The zero-order chi connectivity index (χ0) is 34.5. The number of carbonyl (C=O) groups is 2. The lowest BCUT2D eigenvalue weighted by Crippen LogP contribution is -2.47. The van der Waals surface area contributed by atoms with Crippen LogP contribution in [0.2, 0.25) is 0 Å². The van der Waals surface area contributed by atoms with Crippen LogP contribution in [0.25, 0.3) is 11.1 Å². The fourth-order valence-electron chi connectivity index (χ4n) is 4.24. The second-order valence-corrected chi connectivity index (χ2v) is 13.1. The Kier molecular flexibility index (Phi) is 14.6. The zero-order valence-electron chi connectivity index (χ0n) is 25.7. The Hall–Kier alpha value is -4.06. The van der Waals surface area contributed by atoms with Crippen molar-refractivity contribution in [2.75, 3.05) is 63.7 Å². The van der Waals surface area contributed by atoms with Crippen molar-refractivity contribution in [3.8, 4) is 22.6 Å². The molecule has 0 bridgehead atoms. The highest BCUT2D eigenvalue weighted by Crippen LogP contribution is 2.28. The van der Waals surface area contributed by atoms with E-state index in [9.17, 15) is 36.6 Å². The number of phenols is 1. The Morgan fingerprint density at radius 1 is 0.804 bits per heavy atom. The van der Waals surface area contributed by atoms with Gasteiger partial charge in [-0.2, -0.15) is 16.8 Å². The number of piperazine rings is 1. The van der Waals surface area contributed by atoms with Gasteiger partial charge in [-0.1, -0.05) is 43.3 Å². The van der Waals surface area contributed by atoms with Crippen molar-refractivity contribution >= 4 is 37.8 Å².